The van der Waals surface area contributed by atoms with Gasteiger partial charge in [0.2, 0.25) is 0 Å². The molecule has 96 heavy (non-hydrogen) atoms. The van der Waals surface area contributed by atoms with Crippen molar-refractivity contribution in [1.82, 2.24) is 19.6 Å². The first-order valence-electron chi connectivity index (χ1n) is 30.2. The van der Waals surface area contributed by atoms with Crippen LogP contribution in [0.4, 0.5) is 0 Å². The minimum Gasteiger partial charge on any atom is -0.293 e. The SMILES string of the molecule is CCN1C(=O)/C(=C/c2ccc(-c3ccc(-c4cc(-c5ccc(-c6ccc(/C=C7\SC(=S)N(CC)C7=O)s6)s5)c5ccc6c(-c7ccc(-c8ccc(/C=C9\SC(=S)N(CC)C9=O)s8)s7)cc(-c7ccc(-c8ccc(/C=C9\SC(=S)N(CC)C9=O)s8)s7)c7ccc4c5c76)s3)s2)SC1=S. The molecular weight excluding hydrogens is 1500 g/mol. The van der Waals surface area contributed by atoms with E-state index >= 15 is 0 Å². The average molecular weight is 1540 g/mol. The summed E-state index contributed by atoms with van der Waals surface area (Å²) in [6, 6.07) is 49.1. The van der Waals surface area contributed by atoms with Gasteiger partial charge in [-0.3, -0.25) is 38.8 Å². The molecule has 4 amide bonds. The zero-order valence-corrected chi connectivity index (χ0v) is 63.9. The number of thioether (sulfide) groups is 4. The molecule has 0 radical (unpaired) electrons. The van der Waals surface area contributed by atoms with E-state index in [-0.39, 0.29) is 23.6 Å². The van der Waals surface area contributed by atoms with Crippen LogP contribution in [0.2, 0.25) is 0 Å². The van der Waals surface area contributed by atoms with Gasteiger partial charge in [-0.2, -0.15) is 0 Å². The highest BCUT2D eigenvalue weighted by atomic mass is 32.2. The summed E-state index contributed by atoms with van der Waals surface area (Å²) in [6.45, 7) is 9.96. The van der Waals surface area contributed by atoms with E-state index in [1.54, 1.807) is 110 Å². The molecule has 4 aliphatic heterocycles. The topological polar surface area (TPSA) is 81.2 Å². The Morgan fingerprint density at radius 1 is 0.281 bits per heavy atom. The fourth-order valence-electron chi connectivity index (χ4n) is 12.1. The van der Waals surface area contributed by atoms with Crippen molar-refractivity contribution in [3.8, 4) is 80.8 Å². The first kappa shape index (κ1) is 64.8. The summed E-state index contributed by atoms with van der Waals surface area (Å²) in [5, 5.41) is 7.01. The van der Waals surface area contributed by atoms with Crippen molar-refractivity contribution in [2.24, 2.45) is 0 Å². The summed E-state index contributed by atoms with van der Waals surface area (Å²) in [5.74, 6) is -0.182. The van der Waals surface area contributed by atoms with Crippen LogP contribution in [-0.2, 0) is 19.2 Å². The second-order valence-corrected chi connectivity index (χ2v) is 37.7. The third kappa shape index (κ3) is 11.6. The van der Waals surface area contributed by atoms with Gasteiger partial charge in [0, 0.05) is 126 Å². The van der Waals surface area contributed by atoms with Gasteiger partial charge in [-0.05, 0) is 194 Å². The van der Waals surface area contributed by atoms with Gasteiger partial charge >= 0.3 is 0 Å². The molecule has 4 fully saturated rings. The van der Waals surface area contributed by atoms with Crippen LogP contribution in [0.3, 0.4) is 0 Å². The van der Waals surface area contributed by atoms with Gasteiger partial charge in [0.25, 0.3) is 23.6 Å². The molecule has 16 rings (SSSR count). The zero-order valence-electron chi connectivity index (χ0n) is 50.8. The average Bonchev–Trinajstić information content (AvgIpc) is 0.755. The van der Waals surface area contributed by atoms with Crippen molar-refractivity contribution >= 4 is 284 Å². The van der Waals surface area contributed by atoms with Crippen LogP contribution >= 0.6 is 187 Å². The zero-order chi connectivity index (χ0) is 65.9. The number of likely N-dealkylation sites (N-methyl/N-ethyl adjacent to an activating group) is 4. The number of carbonyl (C=O) groups excluding carboxylic acids is 4. The first-order chi connectivity index (χ1) is 46.6. The molecule has 0 unspecified atom stereocenters. The largest absolute Gasteiger partial charge is 0.293 e. The fourth-order valence-corrected chi connectivity index (χ4v) is 26.2. The van der Waals surface area contributed by atoms with Crippen molar-refractivity contribution in [1.29, 1.82) is 0 Å². The minimum atomic E-state index is -0.0454. The Hall–Kier alpha value is -5.88. The van der Waals surface area contributed by atoms with E-state index in [4.69, 9.17) is 48.9 Å². The number of rotatable bonds is 16. The Morgan fingerprint density at radius 2 is 0.479 bits per heavy atom. The molecular formula is C72H46N4O4S16. The van der Waals surface area contributed by atoms with E-state index in [1.807, 2.05) is 52.0 Å². The summed E-state index contributed by atoms with van der Waals surface area (Å²) in [5.41, 5.74) is 4.56. The lowest BCUT2D eigenvalue weighted by molar-refractivity contribution is -0.122. The van der Waals surface area contributed by atoms with Gasteiger partial charge in [-0.15, -0.1) is 90.7 Å². The van der Waals surface area contributed by atoms with Crippen LogP contribution in [0.5, 0.6) is 0 Å². The fraction of sp³-hybridized carbons (Fsp3) is 0.111. The molecule has 12 aromatic rings. The molecule has 8 aromatic heterocycles. The van der Waals surface area contributed by atoms with Crippen LogP contribution in [0.1, 0.15) is 47.2 Å². The van der Waals surface area contributed by atoms with Crippen molar-refractivity contribution in [2.45, 2.75) is 27.7 Å². The molecule has 12 heterocycles. The Kier molecular flexibility index (Phi) is 17.8. The Balaban J connectivity index is 0.849. The van der Waals surface area contributed by atoms with E-state index in [1.165, 1.54) is 57.8 Å². The molecule has 0 atom stereocenters. The lowest BCUT2D eigenvalue weighted by Crippen LogP contribution is -2.27. The number of nitrogens with zero attached hydrogens (tertiary/aromatic N) is 4. The summed E-state index contributed by atoms with van der Waals surface area (Å²) in [6.07, 6.45) is 7.88. The number of hydrogen-bond donors (Lipinski definition) is 0. The minimum absolute atomic E-state index is 0.0454. The Bertz CT molecular complexity index is 4830. The number of benzene rings is 4. The molecule has 474 valence electrons. The van der Waals surface area contributed by atoms with Gasteiger partial charge < -0.3 is 0 Å². The summed E-state index contributed by atoms with van der Waals surface area (Å²) in [4.78, 5) is 79.9. The lowest BCUT2D eigenvalue weighted by atomic mass is 9.85. The van der Waals surface area contributed by atoms with Crippen LogP contribution in [-0.4, -0.2) is 86.7 Å². The van der Waals surface area contributed by atoms with Crippen molar-refractivity contribution < 1.29 is 19.2 Å². The normalized spacial score (nSPS) is 17.3. The smallest absolute Gasteiger partial charge is 0.266 e. The number of thiophene rings is 8. The molecule has 4 aliphatic rings. The van der Waals surface area contributed by atoms with E-state index in [0.717, 1.165) is 122 Å². The van der Waals surface area contributed by atoms with Crippen molar-refractivity contribution in [3.63, 3.8) is 0 Å². The molecule has 0 saturated carbocycles. The van der Waals surface area contributed by atoms with Crippen molar-refractivity contribution in [3.05, 3.63) is 173 Å². The number of thiocarbonyl (C=S) groups is 4. The number of carbonyl (C=O) groups is 4. The molecule has 0 N–H and O–H groups in total. The van der Waals surface area contributed by atoms with E-state index < -0.39 is 0 Å². The van der Waals surface area contributed by atoms with Crippen LogP contribution < -0.4 is 0 Å². The predicted octanol–water partition coefficient (Wildman–Crippen LogP) is 23.3. The Morgan fingerprint density at radius 3 is 0.688 bits per heavy atom. The van der Waals surface area contributed by atoms with Gasteiger partial charge in [-0.25, -0.2) is 0 Å². The maximum atomic E-state index is 13.3. The van der Waals surface area contributed by atoms with Gasteiger partial charge in [-0.1, -0.05) is 120 Å². The maximum Gasteiger partial charge on any atom is 0.266 e. The van der Waals surface area contributed by atoms with Crippen LogP contribution in [0.15, 0.2) is 153 Å². The maximum absolute atomic E-state index is 13.3. The van der Waals surface area contributed by atoms with Crippen LogP contribution in [0, 0.1) is 0 Å². The van der Waals surface area contributed by atoms with E-state index in [0.29, 0.717) is 63.1 Å². The first-order valence-corrected chi connectivity index (χ1v) is 41.7. The van der Waals surface area contributed by atoms with Gasteiger partial charge in [0.15, 0.2) is 0 Å². The van der Waals surface area contributed by atoms with E-state index in [9.17, 15) is 19.2 Å². The molecule has 0 aliphatic carbocycles. The summed E-state index contributed by atoms with van der Waals surface area (Å²) < 4.78 is 2.36. The lowest BCUT2D eigenvalue weighted by Gasteiger charge is -2.20. The Labute approximate surface area is 623 Å². The second-order valence-electron chi connectivity index (χ2n) is 22.2. The number of amides is 4. The molecule has 24 heteroatoms. The monoisotopic (exact) mass is 1540 g/mol. The van der Waals surface area contributed by atoms with Crippen molar-refractivity contribution in [2.75, 3.05) is 26.2 Å². The number of hydrogen-bond acceptors (Lipinski definition) is 20. The highest BCUT2D eigenvalue weighted by Gasteiger charge is 2.35. The highest BCUT2D eigenvalue weighted by molar-refractivity contribution is 8.28. The van der Waals surface area contributed by atoms with Gasteiger partial charge in [0.1, 0.15) is 17.3 Å². The summed E-state index contributed by atoms with van der Waals surface area (Å²) >= 11 is 41.5. The molecule has 0 spiro atoms. The predicted molar refractivity (Wildman–Crippen MR) is 439 cm³/mol. The molecule has 4 saturated heterocycles. The molecule has 8 nitrogen and oxygen atoms in total. The van der Waals surface area contributed by atoms with Crippen LogP contribution in [0.25, 0.3) is 137 Å². The standard InChI is InChI=1S/C72H46N4O4S16/c1-5-73-65(77)59(93-69(73)81)29-35-9-17-51(85-35)55-25-21-47(89-55)43-33-44(48-22-26-56(90-48)52-18-10-36(86-52)30-60-66(78)74(6-2)70(82)94-60)40-15-16-42-46(50-24-28-58(92-50)54-20-12-38(88-54)32-62-68(80)76(8-4)72(84)96-62)34-45(41-14-13-39(43)63(40)64(41)42)49-23-27-57(91-49)53-19-11-37(87-53)31-61-67(79)75(7-3)71(83)95-61/h9-34H,5-8H2,1-4H3/b59-29-,60-30-,61-31-,62-32-. The third-order valence-electron chi connectivity index (χ3n) is 16.7. The highest BCUT2D eigenvalue weighted by Crippen LogP contribution is 2.54. The van der Waals surface area contributed by atoms with Gasteiger partial charge in [0.05, 0.1) is 19.6 Å². The molecule has 0 bridgehead atoms. The second kappa shape index (κ2) is 26.3. The quantitative estimate of drug-likeness (QED) is 0.0525. The molecule has 4 aromatic carbocycles. The van der Waals surface area contributed by atoms with E-state index in [2.05, 4.69) is 133 Å². The summed E-state index contributed by atoms with van der Waals surface area (Å²) in [7, 11) is 0. The third-order valence-corrected chi connectivity index (χ3v) is 31.6.